The Kier molecular flexibility index (Phi) is 4.11. The predicted molar refractivity (Wildman–Crippen MR) is 66.0 cm³/mol. The van der Waals surface area contributed by atoms with Crippen LogP contribution in [0.1, 0.15) is 18.4 Å². The summed E-state index contributed by atoms with van der Waals surface area (Å²) in [5, 5.41) is 9.30. The smallest absolute Gasteiger partial charge is 0.416 e. The number of phenols is 1. The van der Waals surface area contributed by atoms with Gasteiger partial charge in [-0.1, -0.05) is 0 Å². The first-order chi connectivity index (χ1) is 9.92. The number of alkyl halides is 5. The second kappa shape index (κ2) is 5.34. The average molecular weight is 345 g/mol. The third kappa shape index (κ3) is 3.49. The zero-order valence-corrected chi connectivity index (χ0v) is 11.9. The minimum atomic E-state index is -4.84. The van der Waals surface area contributed by atoms with Crippen molar-refractivity contribution < 1.29 is 35.5 Å². The molecule has 1 aromatic rings. The van der Waals surface area contributed by atoms with E-state index in [9.17, 15) is 35.5 Å². The standard InChI is InChI=1S/C12H12F5NO3S/c13-11(14)1-3-18(4-2-11)22(20,21)10-6-8(12(15,16)17)5-9(19)7-10/h5-7,19H,1-4H2. The van der Waals surface area contributed by atoms with Crippen molar-refractivity contribution >= 4 is 10.0 Å². The molecule has 10 heteroatoms. The van der Waals surface area contributed by atoms with Gasteiger partial charge in [0.2, 0.25) is 10.0 Å². The van der Waals surface area contributed by atoms with E-state index in [2.05, 4.69) is 0 Å². The van der Waals surface area contributed by atoms with Crippen LogP contribution < -0.4 is 0 Å². The Morgan fingerprint density at radius 2 is 1.64 bits per heavy atom. The van der Waals surface area contributed by atoms with Crippen molar-refractivity contribution in [3.8, 4) is 5.75 Å². The summed E-state index contributed by atoms with van der Waals surface area (Å²) in [6.07, 6.45) is -6.23. The van der Waals surface area contributed by atoms with Crippen LogP contribution in [0.15, 0.2) is 23.1 Å². The second-order valence-corrected chi connectivity index (χ2v) is 6.91. The number of hydrogen-bond acceptors (Lipinski definition) is 3. The number of benzene rings is 1. The van der Waals surface area contributed by atoms with Crippen LogP contribution in [-0.4, -0.2) is 36.8 Å². The molecular formula is C12H12F5NO3S. The molecule has 1 aromatic carbocycles. The molecular weight excluding hydrogens is 333 g/mol. The maximum atomic E-state index is 13.0. The summed E-state index contributed by atoms with van der Waals surface area (Å²) in [6.45, 7) is -0.987. The summed E-state index contributed by atoms with van der Waals surface area (Å²) in [4.78, 5) is -0.773. The van der Waals surface area contributed by atoms with E-state index in [0.29, 0.717) is 22.5 Å². The molecule has 2 rings (SSSR count). The van der Waals surface area contributed by atoms with Gasteiger partial charge in [-0.05, 0) is 18.2 Å². The van der Waals surface area contributed by atoms with Gasteiger partial charge in [0.05, 0.1) is 10.5 Å². The van der Waals surface area contributed by atoms with Crippen LogP contribution in [0.3, 0.4) is 0 Å². The van der Waals surface area contributed by atoms with Crippen LogP contribution in [0.4, 0.5) is 22.0 Å². The minimum Gasteiger partial charge on any atom is -0.508 e. The van der Waals surface area contributed by atoms with Crippen molar-refractivity contribution in [1.29, 1.82) is 0 Å². The zero-order chi connectivity index (χ0) is 16.8. The first kappa shape index (κ1) is 16.9. The molecule has 22 heavy (non-hydrogen) atoms. The lowest BCUT2D eigenvalue weighted by molar-refractivity contribution is -0.137. The molecule has 4 nitrogen and oxygen atoms in total. The summed E-state index contributed by atoms with van der Waals surface area (Å²) in [6, 6.07) is 1.43. The first-order valence-corrected chi connectivity index (χ1v) is 7.65. The number of halogens is 5. The molecule has 1 aliphatic rings. The van der Waals surface area contributed by atoms with E-state index in [1.54, 1.807) is 0 Å². The summed E-state index contributed by atoms with van der Waals surface area (Å²) in [5.41, 5.74) is -1.33. The quantitative estimate of drug-likeness (QED) is 0.839. The van der Waals surface area contributed by atoms with Crippen molar-refractivity contribution in [2.24, 2.45) is 0 Å². The summed E-state index contributed by atoms with van der Waals surface area (Å²) in [7, 11) is -4.38. The molecule has 0 aromatic heterocycles. The monoisotopic (exact) mass is 345 g/mol. The highest BCUT2D eigenvalue weighted by Gasteiger charge is 2.39. The molecule has 124 valence electrons. The van der Waals surface area contributed by atoms with Crippen LogP contribution in [0.25, 0.3) is 0 Å². The Bertz CT molecular complexity index is 662. The van der Waals surface area contributed by atoms with Crippen LogP contribution in [-0.2, 0) is 16.2 Å². The Hall–Kier alpha value is -1.42. The molecule has 0 amide bonds. The fourth-order valence-corrected chi connectivity index (χ4v) is 3.61. The van der Waals surface area contributed by atoms with Crippen molar-refractivity contribution in [2.75, 3.05) is 13.1 Å². The first-order valence-electron chi connectivity index (χ1n) is 6.21. The van der Waals surface area contributed by atoms with Gasteiger partial charge in [0.15, 0.2) is 0 Å². The van der Waals surface area contributed by atoms with E-state index in [1.165, 1.54) is 0 Å². The van der Waals surface area contributed by atoms with Crippen LogP contribution in [0.5, 0.6) is 5.75 Å². The summed E-state index contributed by atoms with van der Waals surface area (Å²) < 4.78 is 89.2. The van der Waals surface area contributed by atoms with Gasteiger partial charge in [-0.3, -0.25) is 0 Å². The van der Waals surface area contributed by atoms with Gasteiger partial charge in [-0.25, -0.2) is 17.2 Å². The van der Waals surface area contributed by atoms with Crippen LogP contribution in [0.2, 0.25) is 0 Å². The van der Waals surface area contributed by atoms with E-state index >= 15 is 0 Å². The molecule has 0 saturated carbocycles. The lowest BCUT2D eigenvalue weighted by Gasteiger charge is -2.31. The van der Waals surface area contributed by atoms with Gasteiger partial charge in [-0.2, -0.15) is 17.5 Å². The fraction of sp³-hybridized carbons (Fsp3) is 0.500. The number of sulfonamides is 1. The number of hydrogen-bond donors (Lipinski definition) is 1. The molecule has 0 radical (unpaired) electrons. The maximum absolute atomic E-state index is 13.0. The molecule has 0 bridgehead atoms. The van der Waals surface area contributed by atoms with Crippen molar-refractivity contribution in [3.05, 3.63) is 23.8 Å². The highest BCUT2D eigenvalue weighted by atomic mass is 32.2. The Balaban J connectivity index is 2.36. The zero-order valence-electron chi connectivity index (χ0n) is 11.1. The molecule has 1 fully saturated rings. The number of phenolic OH excluding ortho intramolecular Hbond substituents is 1. The summed E-state index contributed by atoms with van der Waals surface area (Å²) in [5.74, 6) is -3.85. The Labute approximate surface area is 123 Å². The van der Waals surface area contributed by atoms with Gasteiger partial charge in [0.1, 0.15) is 5.75 Å². The number of rotatable bonds is 2. The van der Waals surface area contributed by atoms with Gasteiger partial charge in [0, 0.05) is 25.9 Å². The lowest BCUT2D eigenvalue weighted by Crippen LogP contribution is -2.42. The van der Waals surface area contributed by atoms with E-state index in [-0.39, 0.29) is 0 Å². The second-order valence-electron chi connectivity index (χ2n) is 4.97. The molecule has 0 unspecified atom stereocenters. The van der Waals surface area contributed by atoms with E-state index in [1.807, 2.05) is 0 Å². The van der Waals surface area contributed by atoms with Crippen LogP contribution in [0, 0.1) is 0 Å². The third-order valence-corrected chi connectivity index (χ3v) is 5.19. The topological polar surface area (TPSA) is 57.6 Å². The third-order valence-electron chi connectivity index (χ3n) is 3.31. The van der Waals surface area contributed by atoms with Crippen molar-refractivity contribution in [3.63, 3.8) is 0 Å². The van der Waals surface area contributed by atoms with Crippen LogP contribution >= 0.6 is 0 Å². The predicted octanol–water partition coefficient (Wildman–Crippen LogP) is 2.83. The molecule has 0 atom stereocenters. The number of piperidine rings is 1. The largest absolute Gasteiger partial charge is 0.508 e. The Morgan fingerprint density at radius 3 is 2.14 bits per heavy atom. The van der Waals surface area contributed by atoms with Crippen molar-refractivity contribution in [2.45, 2.75) is 29.8 Å². The van der Waals surface area contributed by atoms with E-state index < -0.39 is 64.3 Å². The highest BCUT2D eigenvalue weighted by Crippen LogP contribution is 2.35. The lowest BCUT2D eigenvalue weighted by atomic mass is 10.1. The van der Waals surface area contributed by atoms with Gasteiger partial charge in [0.25, 0.3) is 5.92 Å². The molecule has 0 aliphatic carbocycles. The molecule has 1 aliphatic heterocycles. The fourth-order valence-electron chi connectivity index (χ4n) is 2.10. The summed E-state index contributed by atoms with van der Waals surface area (Å²) >= 11 is 0. The van der Waals surface area contributed by atoms with Gasteiger partial charge in [-0.15, -0.1) is 0 Å². The van der Waals surface area contributed by atoms with E-state index in [0.717, 1.165) is 0 Å². The minimum absolute atomic E-state index is 0.377. The molecule has 0 spiro atoms. The number of nitrogens with zero attached hydrogens (tertiary/aromatic N) is 1. The molecule has 1 saturated heterocycles. The maximum Gasteiger partial charge on any atom is 0.416 e. The molecule has 1 heterocycles. The number of aromatic hydroxyl groups is 1. The van der Waals surface area contributed by atoms with Crippen molar-refractivity contribution in [1.82, 2.24) is 4.31 Å². The Morgan fingerprint density at radius 1 is 1.09 bits per heavy atom. The van der Waals surface area contributed by atoms with Gasteiger partial charge < -0.3 is 5.11 Å². The normalized spacial score (nSPS) is 20.0. The molecule has 1 N–H and O–H groups in total. The SMILES string of the molecule is O=S(=O)(c1cc(O)cc(C(F)(F)F)c1)N1CCC(F)(F)CC1. The van der Waals surface area contributed by atoms with Gasteiger partial charge >= 0.3 is 6.18 Å². The average Bonchev–Trinajstić information content (AvgIpc) is 2.36. The highest BCUT2D eigenvalue weighted by molar-refractivity contribution is 7.89. The van der Waals surface area contributed by atoms with E-state index in [4.69, 9.17) is 0 Å².